The molecule has 0 radical (unpaired) electrons. The minimum atomic E-state index is -5.42. The first kappa shape index (κ1) is 19.4. The highest BCUT2D eigenvalue weighted by Gasteiger charge is 2.67. The van der Waals surface area contributed by atoms with Crippen LogP contribution in [0.5, 0.6) is 0 Å². The molecule has 0 aromatic heterocycles. The smallest absolute Gasteiger partial charge is 0.437 e. The zero-order valence-corrected chi connectivity index (χ0v) is 13.2. The van der Waals surface area contributed by atoms with E-state index < -0.39 is 46.5 Å². The number of urea groups is 1. The summed E-state index contributed by atoms with van der Waals surface area (Å²) in [5, 5.41) is 24.4. The number of carbonyl (C=O) groups is 2. The van der Waals surface area contributed by atoms with Gasteiger partial charge in [-0.2, -0.15) is 13.2 Å². The van der Waals surface area contributed by atoms with Crippen LogP contribution in [-0.4, -0.2) is 40.5 Å². The second-order valence-corrected chi connectivity index (χ2v) is 5.42. The summed E-state index contributed by atoms with van der Waals surface area (Å²) in [6.07, 6.45) is -5.42. The number of esters is 1. The molecule has 1 fully saturated rings. The monoisotopic (exact) mass is 377 g/mol. The van der Waals surface area contributed by atoms with Crippen LogP contribution in [0.15, 0.2) is 24.3 Å². The van der Waals surface area contributed by atoms with Gasteiger partial charge in [0.15, 0.2) is 0 Å². The highest BCUT2D eigenvalue weighted by atomic mass is 19.4. The van der Waals surface area contributed by atoms with Gasteiger partial charge in [0.1, 0.15) is 5.92 Å². The van der Waals surface area contributed by atoms with E-state index in [0.717, 1.165) is 12.1 Å². The van der Waals surface area contributed by atoms with Crippen molar-refractivity contribution in [2.24, 2.45) is 5.92 Å². The van der Waals surface area contributed by atoms with E-state index in [1.165, 1.54) is 24.4 Å². The molecule has 0 spiro atoms. The van der Waals surface area contributed by atoms with Crippen molar-refractivity contribution in [3.63, 3.8) is 0 Å². The normalized spacial score (nSPS) is 25.8. The molecule has 1 saturated heterocycles. The first-order valence-electron chi connectivity index (χ1n) is 7.30. The lowest BCUT2D eigenvalue weighted by molar-refractivity contribution is -0.385. The van der Waals surface area contributed by atoms with Crippen LogP contribution < -0.4 is 10.6 Å². The van der Waals surface area contributed by atoms with E-state index in [2.05, 4.69) is 10.1 Å². The van der Waals surface area contributed by atoms with Gasteiger partial charge in [0.2, 0.25) is 0 Å². The lowest BCUT2D eigenvalue weighted by Crippen LogP contribution is -2.73. The molecule has 3 N–H and O–H groups in total. The Morgan fingerprint density at radius 3 is 2.65 bits per heavy atom. The minimum absolute atomic E-state index is 0.172. The number of non-ortho nitro benzene ring substituents is 1. The van der Waals surface area contributed by atoms with E-state index >= 15 is 0 Å². The van der Waals surface area contributed by atoms with E-state index in [1.807, 2.05) is 0 Å². The fraction of sp³-hybridized carbons (Fsp3) is 0.429. The molecule has 142 valence electrons. The number of halogens is 3. The molecule has 0 aliphatic carbocycles. The summed E-state index contributed by atoms with van der Waals surface area (Å²) >= 11 is 0. The molecule has 0 unspecified atom stereocenters. The van der Waals surface area contributed by atoms with Crippen molar-refractivity contribution < 1.29 is 37.5 Å². The molecule has 1 aliphatic rings. The number of hydrogen-bond donors (Lipinski definition) is 3. The van der Waals surface area contributed by atoms with Crippen LogP contribution in [0.25, 0.3) is 0 Å². The topological polar surface area (TPSA) is 131 Å². The molecule has 2 amide bonds. The van der Waals surface area contributed by atoms with Gasteiger partial charge in [-0.1, -0.05) is 12.1 Å². The number of carbonyl (C=O) groups excluding carboxylic acids is 2. The van der Waals surface area contributed by atoms with Crippen molar-refractivity contribution in [3.05, 3.63) is 39.9 Å². The average Bonchev–Trinajstić information content (AvgIpc) is 2.53. The van der Waals surface area contributed by atoms with E-state index in [4.69, 9.17) is 0 Å². The fourth-order valence-corrected chi connectivity index (χ4v) is 2.65. The van der Waals surface area contributed by atoms with Gasteiger partial charge in [0.25, 0.3) is 11.4 Å². The molecule has 9 nitrogen and oxygen atoms in total. The highest BCUT2D eigenvalue weighted by molar-refractivity contribution is 5.83. The molecule has 26 heavy (non-hydrogen) atoms. The molecule has 1 aliphatic heterocycles. The van der Waals surface area contributed by atoms with Gasteiger partial charge in [0, 0.05) is 12.1 Å². The maximum absolute atomic E-state index is 13.4. The first-order chi connectivity index (χ1) is 12.0. The Morgan fingerprint density at radius 1 is 1.46 bits per heavy atom. The van der Waals surface area contributed by atoms with Gasteiger partial charge in [-0.25, -0.2) is 4.79 Å². The van der Waals surface area contributed by atoms with Crippen LogP contribution in [-0.2, 0) is 9.53 Å². The SMILES string of the molecule is CCOC(=O)[C@H]1[C@@H](c2cccc([N+](=O)[O-])c2)NC(=O)N[C@@]1(O)C(F)(F)F. The number of hydrogen-bond acceptors (Lipinski definition) is 6. The first-order valence-corrected chi connectivity index (χ1v) is 7.30. The number of ether oxygens (including phenoxy) is 1. The van der Waals surface area contributed by atoms with E-state index in [-0.39, 0.29) is 12.2 Å². The molecular formula is C14H14F3N3O6. The number of nitrogens with zero attached hydrogens (tertiary/aromatic N) is 1. The summed E-state index contributed by atoms with van der Waals surface area (Å²) in [5.74, 6) is -3.77. The van der Waals surface area contributed by atoms with Gasteiger partial charge in [-0.05, 0) is 12.5 Å². The van der Waals surface area contributed by atoms with Crippen LogP contribution in [0.3, 0.4) is 0 Å². The van der Waals surface area contributed by atoms with Gasteiger partial charge >= 0.3 is 18.2 Å². The standard InChI is InChI=1S/C14H14F3N3O6/c1-2-26-11(21)9-10(7-4-3-5-8(6-7)20(24)25)18-12(22)19-13(9,23)14(15,16)17/h3-6,9-10,23H,2H2,1H3,(H2,18,19,22)/t9-,10-,13+/m1/s1. The molecule has 0 bridgehead atoms. The Hall–Kier alpha value is -2.89. The van der Waals surface area contributed by atoms with Gasteiger partial charge < -0.3 is 20.5 Å². The molecular weight excluding hydrogens is 363 g/mol. The van der Waals surface area contributed by atoms with Crippen LogP contribution >= 0.6 is 0 Å². The third-order valence-electron chi connectivity index (χ3n) is 3.79. The quantitative estimate of drug-likeness (QED) is 0.413. The number of rotatable bonds is 4. The van der Waals surface area contributed by atoms with Crippen LogP contribution in [0.2, 0.25) is 0 Å². The van der Waals surface area contributed by atoms with Crippen LogP contribution in [0, 0.1) is 16.0 Å². The predicted octanol–water partition coefficient (Wildman–Crippen LogP) is 1.38. The van der Waals surface area contributed by atoms with Crippen molar-refractivity contribution in [3.8, 4) is 0 Å². The zero-order chi connectivity index (χ0) is 19.7. The molecule has 1 heterocycles. The number of aliphatic hydroxyl groups is 1. The van der Waals surface area contributed by atoms with Crippen molar-refractivity contribution in [1.29, 1.82) is 0 Å². The van der Waals surface area contributed by atoms with Crippen molar-refractivity contribution in [1.82, 2.24) is 10.6 Å². The summed E-state index contributed by atoms with van der Waals surface area (Å²) in [4.78, 5) is 33.9. The largest absolute Gasteiger partial charge is 0.466 e. The maximum Gasteiger partial charge on any atom is 0.437 e. The Balaban J connectivity index is 2.60. The number of alkyl halides is 3. The zero-order valence-electron chi connectivity index (χ0n) is 13.2. The minimum Gasteiger partial charge on any atom is -0.466 e. The summed E-state index contributed by atoms with van der Waals surface area (Å²) in [6, 6.07) is 1.24. The van der Waals surface area contributed by atoms with Crippen molar-refractivity contribution >= 4 is 17.7 Å². The number of amides is 2. The lowest BCUT2D eigenvalue weighted by atomic mass is 9.82. The molecule has 12 heteroatoms. The Kier molecular flexibility index (Phi) is 5.07. The molecule has 1 aromatic carbocycles. The summed E-state index contributed by atoms with van der Waals surface area (Å²) < 4.78 is 44.9. The third-order valence-corrected chi connectivity index (χ3v) is 3.79. The maximum atomic E-state index is 13.4. The number of nitro groups is 1. The molecule has 0 saturated carbocycles. The second kappa shape index (κ2) is 6.78. The van der Waals surface area contributed by atoms with Crippen molar-refractivity contribution in [2.75, 3.05) is 6.61 Å². The van der Waals surface area contributed by atoms with Gasteiger partial charge in [-0.15, -0.1) is 0 Å². The highest BCUT2D eigenvalue weighted by Crippen LogP contribution is 2.43. The lowest BCUT2D eigenvalue weighted by Gasteiger charge is -2.44. The summed E-state index contributed by atoms with van der Waals surface area (Å²) in [7, 11) is 0. The predicted molar refractivity (Wildman–Crippen MR) is 78.6 cm³/mol. The van der Waals surface area contributed by atoms with E-state index in [0.29, 0.717) is 0 Å². The molecule has 2 rings (SSSR count). The number of nitro benzene ring substituents is 1. The van der Waals surface area contributed by atoms with Crippen LogP contribution in [0.1, 0.15) is 18.5 Å². The Bertz CT molecular complexity index is 741. The summed E-state index contributed by atoms with van der Waals surface area (Å²) in [5.41, 5.74) is -4.56. The van der Waals surface area contributed by atoms with Crippen molar-refractivity contribution in [2.45, 2.75) is 24.9 Å². The number of benzene rings is 1. The summed E-state index contributed by atoms with van der Waals surface area (Å²) in [6.45, 7) is 1.07. The fourth-order valence-electron chi connectivity index (χ4n) is 2.65. The Morgan fingerprint density at radius 2 is 2.12 bits per heavy atom. The number of nitrogens with one attached hydrogen (secondary N) is 2. The third kappa shape index (κ3) is 3.40. The average molecular weight is 377 g/mol. The van der Waals surface area contributed by atoms with E-state index in [1.54, 1.807) is 0 Å². The molecule has 3 atom stereocenters. The Labute approximate surface area is 144 Å². The van der Waals surface area contributed by atoms with Gasteiger partial charge in [-0.3, -0.25) is 14.9 Å². The van der Waals surface area contributed by atoms with Gasteiger partial charge in [0.05, 0.1) is 17.6 Å². The van der Waals surface area contributed by atoms with Crippen LogP contribution in [0.4, 0.5) is 23.7 Å². The van der Waals surface area contributed by atoms with E-state index in [9.17, 15) is 38.0 Å². The second-order valence-electron chi connectivity index (χ2n) is 5.42. The molecule has 1 aromatic rings.